The summed E-state index contributed by atoms with van der Waals surface area (Å²) in [4.78, 5) is 28.4. The van der Waals surface area contributed by atoms with Crippen LogP contribution in [0.3, 0.4) is 0 Å². The van der Waals surface area contributed by atoms with E-state index in [9.17, 15) is 39.6 Å². The molecule has 1 heterocycles. The van der Waals surface area contributed by atoms with Gasteiger partial charge in [-0.15, -0.1) is 0 Å². The molecule has 0 saturated carbocycles. The average molecular weight is 718 g/mol. The van der Waals surface area contributed by atoms with Crippen molar-refractivity contribution in [1.29, 1.82) is 0 Å². The maximum atomic E-state index is 13.7. The van der Waals surface area contributed by atoms with Crippen LogP contribution in [0.4, 0.5) is 31.5 Å². The lowest BCUT2D eigenvalue weighted by atomic mass is 10.1. The zero-order valence-electron chi connectivity index (χ0n) is 25.5. The number of hydrogen-bond acceptors (Lipinski definition) is 8. The minimum absolute atomic E-state index is 0.0326. The van der Waals surface area contributed by atoms with E-state index in [2.05, 4.69) is 10.3 Å². The molecule has 2 N–H and O–H groups in total. The number of benzene rings is 3. The summed E-state index contributed by atoms with van der Waals surface area (Å²) in [6.45, 7) is 2.18. The number of aliphatic carboxylic acids is 1. The summed E-state index contributed by atoms with van der Waals surface area (Å²) in [7, 11) is 0.473. The maximum Gasteiger partial charge on any atom is 0.490 e. The molecule has 0 aliphatic heterocycles. The number of para-hydroxylation sites is 1. The molecule has 0 aliphatic carbocycles. The van der Waals surface area contributed by atoms with E-state index in [1.54, 1.807) is 25.1 Å². The van der Waals surface area contributed by atoms with Gasteiger partial charge in [0.05, 0.1) is 22.6 Å². The third-order valence-corrected chi connectivity index (χ3v) is 8.81. The van der Waals surface area contributed by atoms with Crippen LogP contribution in [0.1, 0.15) is 23.6 Å². The Balaban J connectivity index is 0.000000804. The lowest BCUT2D eigenvalue weighted by Gasteiger charge is -2.13. The first-order chi connectivity index (χ1) is 22.3. The number of aromatic nitrogens is 1. The van der Waals surface area contributed by atoms with Crippen molar-refractivity contribution in [1.82, 2.24) is 9.88 Å². The first-order valence-corrected chi connectivity index (χ1v) is 16.3. The minimum atomic E-state index is -5.08. The van der Waals surface area contributed by atoms with E-state index in [-0.39, 0.29) is 38.7 Å². The number of carbonyl (C=O) groups excluding carboxylic acids is 1. The van der Waals surface area contributed by atoms with Gasteiger partial charge in [-0.25, -0.2) is 18.2 Å². The van der Waals surface area contributed by atoms with Crippen molar-refractivity contribution in [2.45, 2.75) is 37.1 Å². The van der Waals surface area contributed by atoms with Gasteiger partial charge >= 0.3 is 18.3 Å². The van der Waals surface area contributed by atoms with E-state index in [1.807, 2.05) is 37.2 Å². The highest BCUT2D eigenvalue weighted by atomic mass is 32.2. The van der Waals surface area contributed by atoms with Crippen LogP contribution in [-0.2, 0) is 38.6 Å². The van der Waals surface area contributed by atoms with Crippen LogP contribution in [0.2, 0.25) is 0 Å². The van der Waals surface area contributed by atoms with Crippen LogP contribution in [0.5, 0.6) is 10.8 Å². The predicted molar refractivity (Wildman–Crippen MR) is 167 cm³/mol. The molecular weight excluding hydrogens is 688 g/mol. The number of amides is 1. The van der Waals surface area contributed by atoms with Crippen molar-refractivity contribution in [2.24, 2.45) is 0 Å². The highest BCUT2D eigenvalue weighted by Crippen LogP contribution is 2.44. The third kappa shape index (κ3) is 10.8. The molecule has 0 atom stereocenters. The van der Waals surface area contributed by atoms with Crippen LogP contribution in [0.25, 0.3) is 11.3 Å². The summed E-state index contributed by atoms with van der Waals surface area (Å²) >= 11 is 0.914. The van der Waals surface area contributed by atoms with Crippen molar-refractivity contribution in [2.75, 3.05) is 25.2 Å². The predicted octanol–water partition coefficient (Wildman–Crippen LogP) is 7.29. The van der Waals surface area contributed by atoms with E-state index in [0.29, 0.717) is 17.7 Å². The van der Waals surface area contributed by atoms with Crippen LogP contribution >= 0.6 is 11.3 Å². The number of halogens is 6. The molecule has 0 spiro atoms. The Morgan fingerprint density at radius 2 is 1.56 bits per heavy atom. The van der Waals surface area contributed by atoms with Crippen molar-refractivity contribution in [3.05, 3.63) is 89.5 Å². The SMILES string of the molecule is CCS(=O)(=O)c1ccc(CC(=O)Nc2nc(-c3cccc(CN(C)C)c3)c(Oc3ccccc3C(F)(F)F)s2)cc1.O=C(O)C(F)(F)F. The second-order valence-corrected chi connectivity index (χ2v) is 13.5. The fraction of sp³-hybridized carbons (Fsp3) is 0.258. The van der Waals surface area contributed by atoms with E-state index in [0.717, 1.165) is 23.0 Å². The summed E-state index contributed by atoms with van der Waals surface area (Å²) in [5.74, 6) is -3.60. The van der Waals surface area contributed by atoms with Gasteiger partial charge in [0, 0.05) is 12.1 Å². The van der Waals surface area contributed by atoms with Gasteiger partial charge in [0.25, 0.3) is 0 Å². The molecule has 0 aliphatic rings. The van der Waals surface area contributed by atoms with Crippen molar-refractivity contribution in [3.63, 3.8) is 0 Å². The largest absolute Gasteiger partial charge is 0.490 e. The monoisotopic (exact) mass is 717 g/mol. The molecule has 0 bridgehead atoms. The number of nitrogens with one attached hydrogen (secondary N) is 1. The smallest absolute Gasteiger partial charge is 0.475 e. The van der Waals surface area contributed by atoms with Crippen molar-refractivity contribution >= 4 is 38.2 Å². The number of sulfone groups is 1. The van der Waals surface area contributed by atoms with Gasteiger partial charge < -0.3 is 20.1 Å². The highest BCUT2D eigenvalue weighted by Gasteiger charge is 2.38. The number of carbonyl (C=O) groups is 2. The molecule has 0 fully saturated rings. The van der Waals surface area contributed by atoms with E-state index in [1.165, 1.54) is 30.3 Å². The number of hydrogen-bond donors (Lipinski definition) is 2. The Bertz CT molecular complexity index is 1840. The lowest BCUT2D eigenvalue weighted by molar-refractivity contribution is -0.192. The first kappa shape index (κ1) is 38.0. The summed E-state index contributed by atoms with van der Waals surface area (Å²) in [6, 6.07) is 18.3. The van der Waals surface area contributed by atoms with E-state index in [4.69, 9.17) is 14.6 Å². The molecule has 4 aromatic rings. The Labute approximate surface area is 275 Å². The third-order valence-electron chi connectivity index (χ3n) is 6.21. The molecule has 48 heavy (non-hydrogen) atoms. The molecule has 0 unspecified atom stereocenters. The van der Waals surface area contributed by atoms with Crippen LogP contribution in [0, 0.1) is 0 Å². The van der Waals surface area contributed by atoms with Gasteiger partial charge in [-0.05, 0) is 55.6 Å². The molecule has 3 aromatic carbocycles. The lowest BCUT2D eigenvalue weighted by Crippen LogP contribution is -2.21. The van der Waals surface area contributed by atoms with Gasteiger partial charge in [-0.1, -0.05) is 60.7 Å². The highest BCUT2D eigenvalue weighted by molar-refractivity contribution is 7.91. The molecule has 258 valence electrons. The molecule has 0 radical (unpaired) electrons. The zero-order chi connectivity index (χ0) is 35.9. The number of ether oxygens (including phenoxy) is 1. The summed E-state index contributed by atoms with van der Waals surface area (Å²) in [5.41, 5.74) is 1.52. The number of alkyl halides is 6. The first-order valence-electron chi connectivity index (χ1n) is 13.8. The summed E-state index contributed by atoms with van der Waals surface area (Å²) in [6.07, 6.45) is -9.77. The van der Waals surface area contributed by atoms with Crippen LogP contribution < -0.4 is 10.1 Å². The Hall–Kier alpha value is -4.48. The fourth-order valence-corrected chi connectivity index (χ4v) is 5.77. The molecule has 9 nitrogen and oxygen atoms in total. The van der Waals surface area contributed by atoms with E-state index < -0.39 is 39.6 Å². The van der Waals surface area contributed by atoms with Gasteiger partial charge in [-0.2, -0.15) is 26.3 Å². The minimum Gasteiger partial charge on any atom is -0.475 e. The number of carboxylic acid groups (broad SMARTS) is 1. The molecular formula is C31H29F6N3O6S2. The van der Waals surface area contributed by atoms with Crippen LogP contribution in [-0.4, -0.2) is 61.3 Å². The average Bonchev–Trinajstić information content (AvgIpc) is 3.38. The van der Waals surface area contributed by atoms with Crippen molar-refractivity contribution < 1.29 is 54.2 Å². The summed E-state index contributed by atoms with van der Waals surface area (Å²) in [5, 5.41) is 10.1. The molecule has 1 amide bonds. The number of nitrogens with zero attached hydrogens (tertiary/aromatic N) is 2. The van der Waals surface area contributed by atoms with Gasteiger partial charge in [-0.3, -0.25) is 4.79 Å². The van der Waals surface area contributed by atoms with Crippen LogP contribution in [0.15, 0.2) is 77.7 Å². The topological polar surface area (TPSA) is 126 Å². The standard InChI is InChI=1S/C29H28F3N3O4S2.C2HF3O2/c1-4-41(37,38)22-14-12-19(13-15-22)17-25(36)33-28-34-26(21-9-7-8-20(16-21)18-35(2)3)27(40-28)39-24-11-6-5-10-23(24)29(30,31)32;3-2(4,5)1(6)7/h5-16H,4,17-18H2,1-3H3,(H,33,34,36);(H,6,7). The number of anilines is 1. The zero-order valence-corrected chi connectivity index (χ0v) is 27.1. The number of rotatable bonds is 10. The quantitative estimate of drug-likeness (QED) is 0.164. The molecule has 0 saturated heterocycles. The number of carboxylic acids is 1. The molecule has 17 heteroatoms. The second-order valence-electron chi connectivity index (χ2n) is 10.3. The van der Waals surface area contributed by atoms with Gasteiger partial charge in [0.15, 0.2) is 15.0 Å². The maximum absolute atomic E-state index is 13.7. The number of thiazole rings is 1. The Kier molecular flexibility index (Phi) is 12.4. The fourth-order valence-electron chi connectivity index (χ4n) is 4.01. The Morgan fingerprint density at radius 1 is 0.938 bits per heavy atom. The van der Waals surface area contributed by atoms with Gasteiger partial charge in [0.1, 0.15) is 11.4 Å². The molecule has 4 rings (SSSR count). The van der Waals surface area contributed by atoms with Gasteiger partial charge in [0.2, 0.25) is 11.0 Å². The van der Waals surface area contributed by atoms with E-state index >= 15 is 0 Å². The summed E-state index contributed by atoms with van der Waals surface area (Å²) < 4.78 is 103. The second kappa shape index (κ2) is 15.6. The normalized spacial score (nSPS) is 11.9. The molecule has 1 aromatic heterocycles. The Morgan fingerprint density at radius 3 is 2.12 bits per heavy atom. The van der Waals surface area contributed by atoms with Crippen molar-refractivity contribution in [3.8, 4) is 22.1 Å².